The largest absolute Gasteiger partial charge is 0.325 e. The molecule has 4 amide bonds. The molecule has 1 aromatic carbocycles. The van der Waals surface area contributed by atoms with Crippen molar-refractivity contribution in [1.29, 1.82) is 0 Å². The molecule has 1 aliphatic carbocycles. The van der Waals surface area contributed by atoms with Crippen molar-refractivity contribution in [3.63, 3.8) is 0 Å². The van der Waals surface area contributed by atoms with Crippen LogP contribution in [0.15, 0.2) is 41.8 Å². The number of nitrogens with zero attached hydrogens (tertiary/aromatic N) is 1. The van der Waals surface area contributed by atoms with E-state index in [1.165, 1.54) is 0 Å². The van der Waals surface area contributed by atoms with E-state index in [0.29, 0.717) is 12.1 Å². The third kappa shape index (κ3) is 2.60. The molecular weight excluding hydrogens is 338 g/mol. The highest BCUT2D eigenvalue weighted by atomic mass is 32.1. The maximum atomic E-state index is 13.0. The standard InChI is InChI=1S/C18H17N3O3S/c22-15(19-12-5-2-1-3-6-12)11-21-16(23)18(20-17(21)24)9-4-7-14-13(18)8-10-25-14/h1-3,5-6,8,10H,4,7,9,11H2,(H,19,22)(H,20,24)/t18-/m1/s1. The number of benzene rings is 1. The van der Waals surface area contributed by atoms with Gasteiger partial charge in [0.05, 0.1) is 0 Å². The molecule has 1 aliphatic heterocycles. The van der Waals surface area contributed by atoms with Gasteiger partial charge in [-0.2, -0.15) is 0 Å². The smallest absolute Gasteiger partial charge is 0.325 e. The Morgan fingerprint density at radius 2 is 2.04 bits per heavy atom. The SMILES string of the molecule is O=C(CN1C(=O)N[C@@]2(CCCc3sccc32)C1=O)Nc1ccccc1. The molecule has 1 atom stereocenters. The Labute approximate surface area is 148 Å². The molecule has 4 rings (SSSR count). The predicted octanol–water partition coefficient (Wildman–Crippen LogP) is 2.47. The van der Waals surface area contributed by atoms with Gasteiger partial charge >= 0.3 is 6.03 Å². The number of imide groups is 1. The monoisotopic (exact) mass is 355 g/mol. The van der Waals surface area contributed by atoms with Crippen molar-refractivity contribution >= 4 is 34.9 Å². The topological polar surface area (TPSA) is 78.5 Å². The Morgan fingerprint density at radius 1 is 1.24 bits per heavy atom. The van der Waals surface area contributed by atoms with Crippen LogP contribution in [0.4, 0.5) is 10.5 Å². The fourth-order valence-corrected chi connectivity index (χ4v) is 4.55. The fourth-order valence-electron chi connectivity index (χ4n) is 3.55. The van der Waals surface area contributed by atoms with Crippen LogP contribution in [0.25, 0.3) is 0 Å². The minimum Gasteiger partial charge on any atom is -0.325 e. The van der Waals surface area contributed by atoms with Gasteiger partial charge < -0.3 is 10.6 Å². The first-order chi connectivity index (χ1) is 12.1. The predicted molar refractivity (Wildman–Crippen MR) is 94.3 cm³/mol. The first-order valence-electron chi connectivity index (χ1n) is 8.16. The molecule has 1 spiro atoms. The van der Waals surface area contributed by atoms with E-state index in [1.54, 1.807) is 35.6 Å². The molecular formula is C18H17N3O3S. The average Bonchev–Trinajstić information content (AvgIpc) is 3.17. The lowest BCUT2D eigenvalue weighted by molar-refractivity contribution is -0.134. The first-order valence-corrected chi connectivity index (χ1v) is 9.04. The summed E-state index contributed by atoms with van der Waals surface area (Å²) in [5.74, 6) is -0.729. The van der Waals surface area contributed by atoms with Gasteiger partial charge in [-0.05, 0) is 42.8 Å². The number of urea groups is 1. The average molecular weight is 355 g/mol. The second kappa shape index (κ2) is 6.00. The van der Waals surface area contributed by atoms with Crippen LogP contribution >= 0.6 is 11.3 Å². The Morgan fingerprint density at radius 3 is 2.84 bits per heavy atom. The van der Waals surface area contributed by atoms with E-state index in [9.17, 15) is 14.4 Å². The highest BCUT2D eigenvalue weighted by molar-refractivity contribution is 7.10. The molecule has 1 aromatic heterocycles. The number of anilines is 1. The van der Waals surface area contributed by atoms with Crippen LogP contribution in [0.1, 0.15) is 23.3 Å². The van der Waals surface area contributed by atoms with Gasteiger partial charge in [-0.1, -0.05) is 18.2 Å². The summed E-state index contributed by atoms with van der Waals surface area (Å²) in [4.78, 5) is 39.8. The number of hydrogen-bond donors (Lipinski definition) is 2. The normalized spacial score (nSPS) is 22.0. The molecule has 1 fully saturated rings. The zero-order valence-electron chi connectivity index (χ0n) is 13.5. The molecule has 0 unspecified atom stereocenters. The van der Waals surface area contributed by atoms with Crippen molar-refractivity contribution in [2.24, 2.45) is 0 Å². The van der Waals surface area contributed by atoms with Gasteiger partial charge in [-0.15, -0.1) is 11.3 Å². The maximum absolute atomic E-state index is 13.0. The fraction of sp³-hybridized carbons (Fsp3) is 0.278. The van der Waals surface area contributed by atoms with Gasteiger partial charge in [-0.3, -0.25) is 14.5 Å². The zero-order chi connectivity index (χ0) is 17.4. The lowest BCUT2D eigenvalue weighted by Crippen LogP contribution is -2.46. The first kappa shape index (κ1) is 15.8. The molecule has 0 radical (unpaired) electrons. The number of amides is 4. The van der Waals surface area contributed by atoms with Gasteiger partial charge in [0.2, 0.25) is 5.91 Å². The summed E-state index contributed by atoms with van der Waals surface area (Å²) in [6, 6.07) is 10.4. The maximum Gasteiger partial charge on any atom is 0.325 e. The van der Waals surface area contributed by atoms with Crippen molar-refractivity contribution in [2.75, 3.05) is 11.9 Å². The third-order valence-corrected chi connectivity index (χ3v) is 5.68. The number of carbonyl (C=O) groups excluding carboxylic acids is 3. The van der Waals surface area contributed by atoms with Crippen molar-refractivity contribution in [3.8, 4) is 0 Å². The quantitative estimate of drug-likeness (QED) is 0.830. The minimum absolute atomic E-state index is 0.291. The summed E-state index contributed by atoms with van der Waals surface area (Å²) in [6.07, 6.45) is 2.33. The van der Waals surface area contributed by atoms with E-state index in [1.807, 2.05) is 17.5 Å². The lowest BCUT2D eigenvalue weighted by Gasteiger charge is -2.31. The van der Waals surface area contributed by atoms with Crippen molar-refractivity contribution in [2.45, 2.75) is 24.8 Å². The van der Waals surface area contributed by atoms with Crippen LogP contribution in [0.2, 0.25) is 0 Å². The van der Waals surface area contributed by atoms with E-state index in [0.717, 1.165) is 28.2 Å². The number of aryl methyl sites for hydroxylation is 1. The molecule has 2 N–H and O–H groups in total. The second-order valence-electron chi connectivity index (χ2n) is 6.25. The van der Waals surface area contributed by atoms with E-state index >= 15 is 0 Å². The van der Waals surface area contributed by atoms with Crippen molar-refractivity contribution < 1.29 is 14.4 Å². The summed E-state index contributed by atoms with van der Waals surface area (Å²) in [6.45, 7) is -0.291. The second-order valence-corrected chi connectivity index (χ2v) is 7.25. The molecule has 1 saturated heterocycles. The van der Waals surface area contributed by atoms with Crippen molar-refractivity contribution in [3.05, 3.63) is 52.2 Å². The lowest BCUT2D eigenvalue weighted by atomic mass is 9.80. The van der Waals surface area contributed by atoms with Crippen LogP contribution in [-0.4, -0.2) is 29.3 Å². The molecule has 7 heteroatoms. The van der Waals surface area contributed by atoms with Crippen LogP contribution in [0, 0.1) is 0 Å². The van der Waals surface area contributed by atoms with Gasteiger partial charge in [0.15, 0.2) is 0 Å². The number of nitrogens with one attached hydrogen (secondary N) is 2. The van der Waals surface area contributed by atoms with E-state index in [2.05, 4.69) is 10.6 Å². The zero-order valence-corrected chi connectivity index (χ0v) is 14.3. The summed E-state index contributed by atoms with van der Waals surface area (Å²) >= 11 is 1.61. The van der Waals surface area contributed by atoms with E-state index in [4.69, 9.17) is 0 Å². The van der Waals surface area contributed by atoms with Crippen LogP contribution < -0.4 is 10.6 Å². The minimum atomic E-state index is -1.00. The van der Waals surface area contributed by atoms with E-state index in [-0.39, 0.29) is 12.5 Å². The Bertz CT molecular complexity index is 848. The molecule has 6 nitrogen and oxygen atoms in total. The molecule has 2 aromatic rings. The Kier molecular flexibility index (Phi) is 3.80. The highest BCUT2D eigenvalue weighted by Gasteiger charge is 2.54. The van der Waals surface area contributed by atoms with Crippen LogP contribution in [0.3, 0.4) is 0 Å². The summed E-state index contributed by atoms with van der Waals surface area (Å²) in [7, 11) is 0. The number of hydrogen-bond acceptors (Lipinski definition) is 4. The third-order valence-electron chi connectivity index (χ3n) is 4.70. The number of thiophene rings is 1. The van der Waals surface area contributed by atoms with Crippen LogP contribution in [0.5, 0.6) is 0 Å². The molecule has 128 valence electrons. The molecule has 0 saturated carbocycles. The Balaban J connectivity index is 1.54. The molecule has 0 bridgehead atoms. The van der Waals surface area contributed by atoms with Gasteiger partial charge in [0.1, 0.15) is 12.1 Å². The van der Waals surface area contributed by atoms with Gasteiger partial charge in [0, 0.05) is 16.1 Å². The molecule has 2 aliphatic rings. The molecule has 2 heterocycles. The number of fused-ring (bicyclic) bond motifs is 2. The van der Waals surface area contributed by atoms with E-state index < -0.39 is 17.5 Å². The van der Waals surface area contributed by atoms with Crippen LogP contribution in [-0.2, 0) is 21.5 Å². The number of rotatable bonds is 3. The summed E-state index contributed by atoms with van der Waals surface area (Å²) < 4.78 is 0. The number of para-hydroxylation sites is 1. The van der Waals surface area contributed by atoms with Gasteiger partial charge in [-0.25, -0.2) is 4.79 Å². The molecule has 25 heavy (non-hydrogen) atoms. The van der Waals surface area contributed by atoms with Gasteiger partial charge in [0.25, 0.3) is 5.91 Å². The number of carbonyl (C=O) groups is 3. The Hall–Kier alpha value is -2.67. The highest BCUT2D eigenvalue weighted by Crippen LogP contribution is 2.41. The van der Waals surface area contributed by atoms with Crippen molar-refractivity contribution in [1.82, 2.24) is 10.2 Å². The summed E-state index contributed by atoms with van der Waals surface area (Å²) in [5.41, 5.74) is 0.512. The summed E-state index contributed by atoms with van der Waals surface area (Å²) in [5, 5.41) is 7.50.